The van der Waals surface area contributed by atoms with Gasteiger partial charge in [0.2, 0.25) is 0 Å². The van der Waals surface area contributed by atoms with Crippen LogP contribution in [0.5, 0.6) is 0 Å². The summed E-state index contributed by atoms with van der Waals surface area (Å²) >= 11 is 0. The molecule has 0 fully saturated rings. The molecule has 0 N–H and O–H groups in total. The minimum absolute atomic E-state index is 0.940. The summed E-state index contributed by atoms with van der Waals surface area (Å²) in [5, 5.41) is 2.32. The molecule has 0 atom stereocenters. The maximum absolute atomic E-state index is 4.75. The van der Waals surface area contributed by atoms with Gasteiger partial charge in [0.15, 0.2) is 0 Å². The van der Waals surface area contributed by atoms with Gasteiger partial charge < -0.3 is 0 Å². The molecule has 26 heavy (non-hydrogen) atoms. The first-order valence-electron chi connectivity index (χ1n) is 8.60. The van der Waals surface area contributed by atoms with E-state index in [9.17, 15) is 0 Å². The molecule has 0 amide bonds. The van der Waals surface area contributed by atoms with Gasteiger partial charge in [0.25, 0.3) is 0 Å². The van der Waals surface area contributed by atoms with Crippen molar-refractivity contribution in [2.75, 3.05) is 0 Å². The highest BCUT2D eigenvalue weighted by Gasteiger charge is 2.03. The van der Waals surface area contributed by atoms with Gasteiger partial charge in [-0.3, -0.25) is 9.98 Å². The fourth-order valence-electron chi connectivity index (χ4n) is 2.93. The van der Waals surface area contributed by atoms with Crippen molar-refractivity contribution in [1.29, 1.82) is 0 Å². The molecule has 0 unspecified atom stereocenters. The predicted octanol–water partition coefficient (Wildman–Crippen LogP) is 6.16. The molecule has 2 nitrogen and oxygen atoms in total. The third-order valence-corrected chi connectivity index (χ3v) is 4.19. The second-order valence-corrected chi connectivity index (χ2v) is 5.98. The van der Waals surface area contributed by atoms with Crippen molar-refractivity contribution in [3.05, 3.63) is 108 Å². The lowest BCUT2D eigenvalue weighted by Crippen LogP contribution is -1.83. The number of hydrogen-bond acceptors (Lipinski definition) is 2. The minimum Gasteiger partial charge on any atom is -0.257 e. The molecule has 3 aromatic carbocycles. The van der Waals surface area contributed by atoms with Crippen LogP contribution in [0.25, 0.3) is 22.9 Å². The van der Waals surface area contributed by atoms with Crippen molar-refractivity contribution >= 4 is 34.8 Å². The average Bonchev–Trinajstić information content (AvgIpc) is 2.72. The molecule has 124 valence electrons. The molecule has 0 radical (unpaired) electrons. The molecule has 0 spiro atoms. The quantitative estimate of drug-likeness (QED) is 0.411. The van der Waals surface area contributed by atoms with E-state index in [1.54, 1.807) is 6.20 Å². The van der Waals surface area contributed by atoms with Crippen LogP contribution in [0.3, 0.4) is 0 Å². The van der Waals surface area contributed by atoms with E-state index in [1.807, 2.05) is 54.8 Å². The van der Waals surface area contributed by atoms with E-state index in [4.69, 9.17) is 4.99 Å². The number of rotatable bonds is 4. The van der Waals surface area contributed by atoms with E-state index in [2.05, 4.69) is 53.5 Å². The Morgan fingerprint density at radius 2 is 1.50 bits per heavy atom. The molecule has 0 saturated heterocycles. The van der Waals surface area contributed by atoms with Crippen LogP contribution in [0.2, 0.25) is 0 Å². The Morgan fingerprint density at radius 3 is 2.31 bits per heavy atom. The topological polar surface area (TPSA) is 25.2 Å². The van der Waals surface area contributed by atoms with Crippen molar-refractivity contribution < 1.29 is 0 Å². The Bertz CT molecular complexity index is 981. The predicted molar refractivity (Wildman–Crippen MR) is 111 cm³/mol. The zero-order valence-electron chi connectivity index (χ0n) is 14.3. The minimum atomic E-state index is 0.940. The van der Waals surface area contributed by atoms with Crippen molar-refractivity contribution in [2.45, 2.75) is 0 Å². The van der Waals surface area contributed by atoms with E-state index in [0.717, 1.165) is 27.9 Å². The second-order valence-electron chi connectivity index (χ2n) is 5.98. The highest BCUT2D eigenvalue weighted by atomic mass is 14.7. The normalized spacial score (nSPS) is 11.5. The van der Waals surface area contributed by atoms with E-state index in [-0.39, 0.29) is 0 Å². The molecular formula is C24H18N2. The summed E-state index contributed by atoms with van der Waals surface area (Å²) in [6, 6.07) is 28.6. The van der Waals surface area contributed by atoms with Gasteiger partial charge in [0.1, 0.15) is 0 Å². The SMILES string of the molecule is C(=Cc1cccc2cccc(N=Cc3ccccc3)c12)c1ccccn1. The Kier molecular flexibility index (Phi) is 4.66. The molecule has 0 aliphatic carbocycles. The van der Waals surface area contributed by atoms with Crippen molar-refractivity contribution in [1.82, 2.24) is 4.98 Å². The lowest BCUT2D eigenvalue weighted by Gasteiger charge is -2.06. The third-order valence-electron chi connectivity index (χ3n) is 4.19. The van der Waals surface area contributed by atoms with Crippen LogP contribution < -0.4 is 0 Å². The van der Waals surface area contributed by atoms with Gasteiger partial charge in [0.05, 0.1) is 11.4 Å². The molecule has 0 aliphatic heterocycles. The number of aromatic nitrogens is 1. The summed E-state index contributed by atoms with van der Waals surface area (Å²) < 4.78 is 0. The Labute approximate surface area is 153 Å². The van der Waals surface area contributed by atoms with Gasteiger partial charge >= 0.3 is 0 Å². The number of benzene rings is 3. The van der Waals surface area contributed by atoms with Gasteiger partial charge in [-0.2, -0.15) is 0 Å². The molecule has 2 heteroatoms. The number of hydrogen-bond donors (Lipinski definition) is 0. The van der Waals surface area contributed by atoms with Gasteiger partial charge in [-0.25, -0.2) is 0 Å². The summed E-state index contributed by atoms with van der Waals surface area (Å²) in [6.07, 6.45) is 7.85. The highest BCUT2D eigenvalue weighted by Crippen LogP contribution is 2.30. The maximum Gasteiger partial charge on any atom is 0.0714 e. The van der Waals surface area contributed by atoms with Gasteiger partial charge in [-0.15, -0.1) is 0 Å². The Hall–Kier alpha value is -3.52. The standard InChI is InChI=1S/C24H18N2/c1-2-8-19(9-3-1)18-26-23-14-7-12-20-10-6-11-21(24(20)23)15-16-22-13-4-5-17-25-22/h1-18H. The van der Waals surface area contributed by atoms with Crippen LogP contribution >= 0.6 is 0 Å². The number of nitrogens with zero attached hydrogens (tertiary/aromatic N) is 2. The third kappa shape index (κ3) is 3.60. The van der Waals surface area contributed by atoms with Crippen LogP contribution in [0, 0.1) is 0 Å². The zero-order chi connectivity index (χ0) is 17.6. The first-order valence-corrected chi connectivity index (χ1v) is 8.60. The lowest BCUT2D eigenvalue weighted by atomic mass is 10.0. The molecule has 1 aromatic heterocycles. The Morgan fingerprint density at radius 1 is 0.692 bits per heavy atom. The average molecular weight is 334 g/mol. The first-order chi connectivity index (χ1) is 12.9. The number of pyridine rings is 1. The Balaban J connectivity index is 1.77. The van der Waals surface area contributed by atoms with Crippen molar-refractivity contribution in [3.8, 4) is 0 Å². The number of aliphatic imine (C=N–C) groups is 1. The van der Waals surface area contributed by atoms with Crippen LogP contribution in [-0.4, -0.2) is 11.2 Å². The van der Waals surface area contributed by atoms with E-state index in [0.29, 0.717) is 0 Å². The molecule has 4 aromatic rings. The van der Waals surface area contributed by atoms with E-state index < -0.39 is 0 Å². The summed E-state index contributed by atoms with van der Waals surface area (Å²) in [5.41, 5.74) is 4.13. The molecule has 0 saturated carbocycles. The maximum atomic E-state index is 4.75. The van der Waals surface area contributed by atoms with E-state index in [1.165, 1.54) is 5.39 Å². The molecule has 1 heterocycles. The highest BCUT2D eigenvalue weighted by molar-refractivity contribution is 6.01. The molecule has 4 rings (SSSR count). The summed E-state index contributed by atoms with van der Waals surface area (Å²) in [5.74, 6) is 0. The van der Waals surface area contributed by atoms with Crippen molar-refractivity contribution in [3.63, 3.8) is 0 Å². The first kappa shape index (κ1) is 16.0. The zero-order valence-corrected chi connectivity index (χ0v) is 14.3. The fraction of sp³-hybridized carbons (Fsp3) is 0. The van der Waals surface area contributed by atoms with Crippen LogP contribution in [0.4, 0.5) is 5.69 Å². The van der Waals surface area contributed by atoms with Crippen LogP contribution in [0.1, 0.15) is 16.8 Å². The van der Waals surface area contributed by atoms with Gasteiger partial charge in [-0.1, -0.05) is 72.8 Å². The van der Waals surface area contributed by atoms with E-state index >= 15 is 0 Å². The summed E-state index contributed by atoms with van der Waals surface area (Å²) in [7, 11) is 0. The molecule has 0 bridgehead atoms. The summed E-state index contributed by atoms with van der Waals surface area (Å²) in [6.45, 7) is 0. The van der Waals surface area contributed by atoms with Crippen LogP contribution in [-0.2, 0) is 0 Å². The largest absolute Gasteiger partial charge is 0.257 e. The number of fused-ring (bicyclic) bond motifs is 1. The lowest BCUT2D eigenvalue weighted by molar-refractivity contribution is 1.30. The molecular weight excluding hydrogens is 316 g/mol. The van der Waals surface area contributed by atoms with Crippen molar-refractivity contribution in [2.24, 2.45) is 4.99 Å². The van der Waals surface area contributed by atoms with Crippen LogP contribution in [0.15, 0.2) is 96.1 Å². The summed E-state index contributed by atoms with van der Waals surface area (Å²) in [4.78, 5) is 9.10. The van der Waals surface area contributed by atoms with Gasteiger partial charge in [0, 0.05) is 17.8 Å². The molecule has 0 aliphatic rings. The smallest absolute Gasteiger partial charge is 0.0714 e. The second kappa shape index (κ2) is 7.58. The monoisotopic (exact) mass is 334 g/mol. The van der Waals surface area contributed by atoms with Gasteiger partial charge in [-0.05, 0) is 40.8 Å². The fourth-order valence-corrected chi connectivity index (χ4v) is 2.93.